The summed E-state index contributed by atoms with van der Waals surface area (Å²) in [6, 6.07) is 1.84. The summed E-state index contributed by atoms with van der Waals surface area (Å²) in [4.78, 5) is 21.1. The lowest BCUT2D eigenvalue weighted by Crippen LogP contribution is -2.25. The molecule has 2 aliphatic rings. The Bertz CT molecular complexity index is 626. The lowest BCUT2D eigenvalue weighted by molar-refractivity contribution is 0.0900. The van der Waals surface area contributed by atoms with Crippen molar-refractivity contribution < 1.29 is 4.79 Å². The van der Waals surface area contributed by atoms with Crippen LogP contribution >= 0.6 is 11.8 Å². The van der Waals surface area contributed by atoms with Crippen LogP contribution in [-0.2, 0) is 0 Å². The average Bonchev–Trinajstić information content (AvgIpc) is 3.01. The molecule has 4 heterocycles. The monoisotopic (exact) mass is 273 g/mol. The third-order valence-electron chi connectivity index (χ3n) is 4.20. The number of nitrogens with zero attached hydrogens (tertiary/aromatic N) is 3. The van der Waals surface area contributed by atoms with Crippen LogP contribution in [-0.4, -0.2) is 30.7 Å². The van der Waals surface area contributed by atoms with Gasteiger partial charge in [0.25, 0.3) is 0 Å². The normalized spacial score (nSPS) is 29.8. The van der Waals surface area contributed by atoms with Gasteiger partial charge in [0.2, 0.25) is 5.78 Å². The number of fused-ring (bicyclic) bond motifs is 3. The highest BCUT2D eigenvalue weighted by Crippen LogP contribution is 2.46. The quantitative estimate of drug-likeness (QED) is 0.789. The Morgan fingerprint density at radius 2 is 2.05 bits per heavy atom. The molecule has 0 saturated carbocycles. The van der Waals surface area contributed by atoms with Crippen molar-refractivity contribution in [3.05, 3.63) is 30.4 Å². The molecule has 2 bridgehead atoms. The van der Waals surface area contributed by atoms with Gasteiger partial charge in [0, 0.05) is 28.8 Å². The number of imidazole rings is 1. The molecule has 4 rings (SSSR count). The zero-order chi connectivity index (χ0) is 12.8. The van der Waals surface area contributed by atoms with E-state index in [0.29, 0.717) is 22.0 Å². The maximum Gasteiger partial charge on any atom is 0.234 e. The molecule has 2 atom stereocenters. The van der Waals surface area contributed by atoms with Gasteiger partial charge in [-0.05, 0) is 31.7 Å². The fraction of sp³-hybridized carbons (Fsp3) is 0.500. The van der Waals surface area contributed by atoms with Crippen LogP contribution in [0.4, 0.5) is 0 Å². The lowest BCUT2D eigenvalue weighted by Gasteiger charge is -2.25. The van der Waals surface area contributed by atoms with Gasteiger partial charge < -0.3 is 0 Å². The van der Waals surface area contributed by atoms with Crippen molar-refractivity contribution in [3.63, 3.8) is 0 Å². The summed E-state index contributed by atoms with van der Waals surface area (Å²) >= 11 is 2.09. The number of carbonyl (C=O) groups is 1. The fourth-order valence-corrected chi connectivity index (χ4v) is 5.07. The number of hydrogen-bond acceptors (Lipinski definition) is 4. The minimum Gasteiger partial charge on any atom is -0.292 e. The first-order valence-electron chi connectivity index (χ1n) is 6.79. The van der Waals surface area contributed by atoms with E-state index >= 15 is 0 Å². The molecule has 0 radical (unpaired) electrons. The second-order valence-corrected chi connectivity index (χ2v) is 7.03. The maximum atomic E-state index is 12.7. The zero-order valence-corrected chi connectivity index (χ0v) is 11.3. The van der Waals surface area contributed by atoms with Gasteiger partial charge in [0.05, 0.1) is 6.20 Å². The van der Waals surface area contributed by atoms with Crippen molar-refractivity contribution in [2.75, 3.05) is 0 Å². The summed E-state index contributed by atoms with van der Waals surface area (Å²) in [7, 11) is 0. The second kappa shape index (κ2) is 4.34. The largest absolute Gasteiger partial charge is 0.292 e. The molecule has 2 fully saturated rings. The van der Waals surface area contributed by atoms with Crippen molar-refractivity contribution in [1.82, 2.24) is 14.4 Å². The molecular weight excluding hydrogens is 258 g/mol. The van der Waals surface area contributed by atoms with E-state index in [1.165, 1.54) is 12.8 Å². The number of thioether (sulfide) groups is 1. The highest BCUT2D eigenvalue weighted by molar-refractivity contribution is 8.00. The van der Waals surface area contributed by atoms with Crippen molar-refractivity contribution >= 4 is 23.3 Å². The van der Waals surface area contributed by atoms with Crippen LogP contribution in [0.25, 0.3) is 5.78 Å². The molecule has 2 saturated heterocycles. The molecule has 0 N–H and O–H groups in total. The molecule has 2 aliphatic heterocycles. The Hall–Kier alpha value is -1.36. The topological polar surface area (TPSA) is 47.3 Å². The molecule has 0 aliphatic carbocycles. The van der Waals surface area contributed by atoms with Gasteiger partial charge in [-0.2, -0.15) is 11.8 Å². The molecule has 2 aromatic heterocycles. The van der Waals surface area contributed by atoms with Gasteiger partial charge in [-0.25, -0.2) is 9.97 Å². The minimum atomic E-state index is 0.179. The van der Waals surface area contributed by atoms with Crippen LogP contribution in [0.2, 0.25) is 0 Å². The van der Waals surface area contributed by atoms with Crippen LogP contribution < -0.4 is 0 Å². The van der Waals surface area contributed by atoms with Crippen LogP contribution in [0.15, 0.2) is 24.7 Å². The van der Waals surface area contributed by atoms with E-state index in [1.807, 2.05) is 16.7 Å². The Balaban J connectivity index is 1.67. The fourth-order valence-electron chi connectivity index (χ4n) is 3.29. The van der Waals surface area contributed by atoms with Crippen molar-refractivity contribution in [2.45, 2.75) is 36.2 Å². The molecule has 98 valence electrons. The molecular formula is C14H15N3OS. The molecule has 0 spiro atoms. The standard InChI is InChI=1S/C14H15N3OS/c18-13(9-6-10-2-3-11(7-9)19-10)12-8-16-14-15-4-1-5-17(12)14/h1,4-5,8-11H,2-3,6-7H2. The van der Waals surface area contributed by atoms with Gasteiger partial charge in [0.1, 0.15) is 5.69 Å². The Labute approximate surface area is 115 Å². The van der Waals surface area contributed by atoms with E-state index in [1.54, 1.807) is 12.4 Å². The molecule has 0 amide bonds. The summed E-state index contributed by atoms with van der Waals surface area (Å²) in [6.45, 7) is 0. The predicted octanol–water partition coefficient (Wildman–Crippen LogP) is 2.59. The van der Waals surface area contributed by atoms with E-state index in [0.717, 1.165) is 12.8 Å². The van der Waals surface area contributed by atoms with Gasteiger partial charge in [0.15, 0.2) is 5.78 Å². The number of hydrogen-bond donors (Lipinski definition) is 0. The second-order valence-electron chi connectivity index (χ2n) is 5.42. The number of rotatable bonds is 2. The van der Waals surface area contributed by atoms with E-state index in [4.69, 9.17) is 0 Å². The average molecular weight is 273 g/mol. The van der Waals surface area contributed by atoms with Crippen LogP contribution in [0.3, 0.4) is 0 Å². The van der Waals surface area contributed by atoms with Crippen molar-refractivity contribution in [2.24, 2.45) is 5.92 Å². The van der Waals surface area contributed by atoms with Gasteiger partial charge in [-0.3, -0.25) is 9.20 Å². The molecule has 0 aromatic carbocycles. The molecule has 2 aromatic rings. The Morgan fingerprint density at radius 3 is 2.84 bits per heavy atom. The summed E-state index contributed by atoms with van der Waals surface area (Å²) in [5, 5.41) is 1.40. The van der Waals surface area contributed by atoms with Gasteiger partial charge in [-0.15, -0.1) is 0 Å². The number of carbonyl (C=O) groups excluding carboxylic acids is 1. The SMILES string of the molecule is O=C(c1cnc2ncccn12)C1CC2CCC(C1)S2. The maximum absolute atomic E-state index is 12.7. The third kappa shape index (κ3) is 1.87. The Morgan fingerprint density at radius 1 is 1.26 bits per heavy atom. The van der Waals surface area contributed by atoms with Crippen molar-refractivity contribution in [1.29, 1.82) is 0 Å². The molecule has 19 heavy (non-hydrogen) atoms. The highest BCUT2D eigenvalue weighted by atomic mass is 32.2. The number of ketones is 1. The third-order valence-corrected chi connectivity index (χ3v) is 5.83. The summed E-state index contributed by atoms with van der Waals surface area (Å²) in [6.07, 6.45) is 9.89. The van der Waals surface area contributed by atoms with Gasteiger partial charge >= 0.3 is 0 Å². The predicted molar refractivity (Wildman–Crippen MR) is 74.4 cm³/mol. The summed E-state index contributed by atoms with van der Waals surface area (Å²) < 4.78 is 1.81. The first-order valence-corrected chi connectivity index (χ1v) is 7.73. The molecule has 4 nitrogen and oxygen atoms in total. The van der Waals surface area contributed by atoms with E-state index in [9.17, 15) is 4.79 Å². The van der Waals surface area contributed by atoms with Crippen molar-refractivity contribution in [3.8, 4) is 0 Å². The van der Waals surface area contributed by atoms with Crippen LogP contribution in [0.1, 0.15) is 36.2 Å². The van der Waals surface area contributed by atoms with E-state index in [2.05, 4.69) is 21.7 Å². The first kappa shape index (κ1) is 11.5. The highest BCUT2D eigenvalue weighted by Gasteiger charge is 2.38. The summed E-state index contributed by atoms with van der Waals surface area (Å²) in [5.41, 5.74) is 0.694. The van der Waals surface area contributed by atoms with Crippen LogP contribution in [0.5, 0.6) is 0 Å². The lowest BCUT2D eigenvalue weighted by atomic mass is 9.93. The Kier molecular flexibility index (Phi) is 2.62. The van der Waals surface area contributed by atoms with E-state index < -0.39 is 0 Å². The van der Waals surface area contributed by atoms with Crippen LogP contribution in [0, 0.1) is 5.92 Å². The number of aromatic nitrogens is 3. The zero-order valence-electron chi connectivity index (χ0n) is 10.5. The molecule has 5 heteroatoms. The summed E-state index contributed by atoms with van der Waals surface area (Å²) in [5.74, 6) is 1.04. The minimum absolute atomic E-state index is 0.179. The molecule has 2 unspecified atom stereocenters. The first-order chi connectivity index (χ1) is 9.31. The number of Topliss-reactive ketones (excluding diaryl/α,β-unsaturated/α-hetero) is 1. The van der Waals surface area contributed by atoms with E-state index in [-0.39, 0.29) is 11.7 Å². The smallest absolute Gasteiger partial charge is 0.234 e. The van der Waals surface area contributed by atoms with Gasteiger partial charge in [-0.1, -0.05) is 0 Å².